The Morgan fingerprint density at radius 3 is 2.34 bits per heavy atom. The van der Waals surface area contributed by atoms with E-state index in [0.29, 0.717) is 30.0 Å². The molecule has 1 N–H and O–H groups in total. The zero-order valence-corrected chi connectivity index (χ0v) is 21.4. The molecular formula is C23H29ClN4O6S. The van der Waals surface area contributed by atoms with E-state index in [0.717, 1.165) is 16.6 Å². The Kier molecular flexibility index (Phi) is 10.0. The number of carbonyl (C=O) groups excluding carboxylic acids is 2. The number of hydrogen-bond acceptors (Lipinski definition) is 6. The summed E-state index contributed by atoms with van der Waals surface area (Å²) in [6.07, 6.45) is 1.92. The Bertz CT molecular complexity index is 1160. The average Bonchev–Trinajstić information content (AvgIpc) is 2.81. The molecule has 0 spiro atoms. The fourth-order valence-electron chi connectivity index (χ4n) is 3.45. The molecule has 0 aromatic heterocycles. The Hall–Kier alpha value is -3.18. The van der Waals surface area contributed by atoms with Crippen LogP contribution in [0.2, 0.25) is 5.02 Å². The van der Waals surface area contributed by atoms with Crippen LogP contribution < -0.4 is 9.62 Å². The highest BCUT2D eigenvalue weighted by Crippen LogP contribution is 2.24. The van der Waals surface area contributed by atoms with Gasteiger partial charge < -0.3 is 10.2 Å². The molecular weight excluding hydrogens is 496 g/mol. The van der Waals surface area contributed by atoms with Crippen LogP contribution in [-0.2, 0) is 26.2 Å². The number of carbonyl (C=O) groups is 2. The average molecular weight is 525 g/mol. The third kappa shape index (κ3) is 7.93. The largest absolute Gasteiger partial charge is 0.354 e. The minimum atomic E-state index is -3.99. The molecule has 0 heterocycles. The van der Waals surface area contributed by atoms with Gasteiger partial charge >= 0.3 is 0 Å². The molecule has 190 valence electrons. The molecule has 0 aliphatic rings. The Morgan fingerprint density at radius 1 is 1.14 bits per heavy atom. The minimum absolute atomic E-state index is 0.0232. The number of rotatable bonds is 12. The lowest BCUT2D eigenvalue weighted by Crippen LogP contribution is -2.52. The van der Waals surface area contributed by atoms with Gasteiger partial charge in [-0.05, 0) is 36.6 Å². The first-order valence-electron chi connectivity index (χ1n) is 11.0. The first-order valence-corrected chi connectivity index (χ1v) is 13.2. The molecule has 35 heavy (non-hydrogen) atoms. The number of nitro benzene ring substituents is 1. The van der Waals surface area contributed by atoms with Crippen molar-refractivity contribution >= 4 is 44.8 Å². The number of benzene rings is 2. The van der Waals surface area contributed by atoms with Crippen LogP contribution in [0.25, 0.3) is 0 Å². The zero-order valence-electron chi connectivity index (χ0n) is 19.8. The smallest absolute Gasteiger partial charge is 0.271 e. The van der Waals surface area contributed by atoms with E-state index in [1.807, 2.05) is 6.92 Å². The SMILES string of the molecule is CCCNC(=O)[C@@H](CC)N(Cc1ccc(Cl)cc1)C(=O)CN(c1cccc([N+](=O)[O-])c1)S(C)(=O)=O. The molecule has 10 nitrogen and oxygen atoms in total. The maximum absolute atomic E-state index is 13.5. The van der Waals surface area contributed by atoms with Crippen molar-refractivity contribution in [2.24, 2.45) is 0 Å². The maximum Gasteiger partial charge on any atom is 0.271 e. The normalized spacial score (nSPS) is 12.0. The standard InChI is InChI=1S/C23H29ClN4O6S/c1-4-13-25-23(30)21(5-2)26(15-17-9-11-18(24)12-10-17)22(29)16-27(35(3,33)34)19-7-6-8-20(14-19)28(31)32/h6-12,14,21H,4-5,13,15-16H2,1-3H3,(H,25,30)/t21-/m1/s1. The summed E-state index contributed by atoms with van der Waals surface area (Å²) in [7, 11) is -3.99. The summed E-state index contributed by atoms with van der Waals surface area (Å²) in [5.74, 6) is -0.978. The minimum Gasteiger partial charge on any atom is -0.354 e. The second kappa shape index (κ2) is 12.5. The molecule has 0 aliphatic heterocycles. The van der Waals surface area contributed by atoms with Crippen molar-refractivity contribution in [2.45, 2.75) is 39.3 Å². The fourth-order valence-corrected chi connectivity index (χ4v) is 4.41. The van der Waals surface area contributed by atoms with Crippen LogP contribution in [0.1, 0.15) is 32.3 Å². The van der Waals surface area contributed by atoms with Crippen LogP contribution in [0.4, 0.5) is 11.4 Å². The highest BCUT2D eigenvalue weighted by Gasteiger charge is 2.32. The van der Waals surface area contributed by atoms with E-state index in [1.54, 1.807) is 31.2 Å². The molecule has 0 saturated carbocycles. The van der Waals surface area contributed by atoms with Gasteiger partial charge in [-0.15, -0.1) is 0 Å². The molecule has 12 heteroatoms. The monoisotopic (exact) mass is 524 g/mol. The summed E-state index contributed by atoms with van der Waals surface area (Å²) < 4.78 is 25.9. The summed E-state index contributed by atoms with van der Waals surface area (Å²) in [6.45, 7) is 3.50. The van der Waals surface area contributed by atoms with E-state index < -0.39 is 33.4 Å². The molecule has 0 bridgehead atoms. The van der Waals surface area contributed by atoms with Crippen LogP contribution in [-0.4, -0.2) is 55.4 Å². The summed E-state index contributed by atoms with van der Waals surface area (Å²) in [4.78, 5) is 38.2. The molecule has 2 rings (SSSR count). The van der Waals surface area contributed by atoms with Gasteiger partial charge in [-0.1, -0.05) is 43.6 Å². The maximum atomic E-state index is 13.5. The van der Waals surface area contributed by atoms with E-state index in [1.165, 1.54) is 23.1 Å². The predicted octanol–water partition coefficient (Wildman–Crippen LogP) is 3.35. The lowest BCUT2D eigenvalue weighted by Gasteiger charge is -2.32. The molecule has 2 aromatic carbocycles. The molecule has 2 aromatic rings. The number of nitro groups is 1. The number of nitrogens with one attached hydrogen (secondary N) is 1. The quantitative estimate of drug-likeness (QED) is 0.335. The Labute approximate surface area is 210 Å². The van der Waals surface area contributed by atoms with Crippen molar-refractivity contribution in [3.05, 3.63) is 69.2 Å². The van der Waals surface area contributed by atoms with E-state index >= 15 is 0 Å². The zero-order chi connectivity index (χ0) is 26.2. The number of halogens is 1. The summed E-state index contributed by atoms with van der Waals surface area (Å²) in [5, 5.41) is 14.5. The van der Waals surface area contributed by atoms with Crippen LogP contribution in [0, 0.1) is 10.1 Å². The van der Waals surface area contributed by atoms with Crippen LogP contribution >= 0.6 is 11.6 Å². The summed E-state index contributed by atoms with van der Waals surface area (Å²) in [6, 6.07) is 10.9. The van der Waals surface area contributed by atoms with Gasteiger partial charge in [0.05, 0.1) is 16.9 Å². The summed E-state index contributed by atoms with van der Waals surface area (Å²) in [5.41, 5.74) is 0.364. The number of amides is 2. The Balaban J connectivity index is 2.45. The third-order valence-electron chi connectivity index (χ3n) is 5.21. The van der Waals surface area contributed by atoms with Crippen LogP contribution in [0.5, 0.6) is 0 Å². The second-order valence-corrected chi connectivity index (χ2v) is 10.3. The lowest BCUT2D eigenvalue weighted by atomic mass is 10.1. The molecule has 0 unspecified atom stereocenters. The second-order valence-electron chi connectivity index (χ2n) is 7.91. The molecule has 0 aliphatic carbocycles. The van der Waals surface area contributed by atoms with Gasteiger partial charge in [0.2, 0.25) is 21.8 Å². The van der Waals surface area contributed by atoms with Gasteiger partial charge in [-0.2, -0.15) is 0 Å². The van der Waals surface area contributed by atoms with Gasteiger partial charge in [0.15, 0.2) is 0 Å². The van der Waals surface area contributed by atoms with E-state index in [9.17, 15) is 28.1 Å². The van der Waals surface area contributed by atoms with Gasteiger partial charge in [-0.3, -0.25) is 24.0 Å². The highest BCUT2D eigenvalue weighted by atomic mass is 35.5. The van der Waals surface area contributed by atoms with Crippen molar-refractivity contribution < 1.29 is 22.9 Å². The van der Waals surface area contributed by atoms with Gasteiger partial charge in [0.25, 0.3) is 5.69 Å². The molecule has 1 atom stereocenters. The topological polar surface area (TPSA) is 130 Å². The first-order chi connectivity index (χ1) is 16.5. The van der Waals surface area contributed by atoms with Gasteiger partial charge in [-0.25, -0.2) is 8.42 Å². The molecule has 0 radical (unpaired) electrons. The fraction of sp³-hybridized carbons (Fsp3) is 0.391. The van der Waals surface area contributed by atoms with Crippen molar-refractivity contribution in [3.8, 4) is 0 Å². The number of sulfonamides is 1. The van der Waals surface area contributed by atoms with Gasteiger partial charge in [0.1, 0.15) is 12.6 Å². The number of nitrogens with zero attached hydrogens (tertiary/aromatic N) is 3. The van der Waals surface area contributed by atoms with Crippen molar-refractivity contribution in [3.63, 3.8) is 0 Å². The van der Waals surface area contributed by atoms with Crippen molar-refractivity contribution in [2.75, 3.05) is 23.7 Å². The highest BCUT2D eigenvalue weighted by molar-refractivity contribution is 7.92. The molecule has 2 amide bonds. The number of anilines is 1. The van der Waals surface area contributed by atoms with Crippen LogP contribution in [0.3, 0.4) is 0 Å². The van der Waals surface area contributed by atoms with Gasteiger partial charge in [0, 0.05) is 30.2 Å². The third-order valence-corrected chi connectivity index (χ3v) is 6.60. The number of hydrogen-bond donors (Lipinski definition) is 1. The molecule has 0 saturated heterocycles. The van der Waals surface area contributed by atoms with E-state index in [2.05, 4.69) is 5.32 Å². The van der Waals surface area contributed by atoms with Crippen molar-refractivity contribution in [1.29, 1.82) is 0 Å². The summed E-state index contributed by atoms with van der Waals surface area (Å²) >= 11 is 5.96. The first kappa shape index (κ1) is 28.1. The van der Waals surface area contributed by atoms with E-state index in [-0.39, 0.29) is 23.8 Å². The predicted molar refractivity (Wildman–Crippen MR) is 135 cm³/mol. The Morgan fingerprint density at radius 2 is 1.80 bits per heavy atom. The van der Waals surface area contributed by atoms with E-state index in [4.69, 9.17) is 11.6 Å². The number of non-ortho nitro benzene ring substituents is 1. The lowest BCUT2D eigenvalue weighted by molar-refractivity contribution is -0.384. The molecule has 0 fully saturated rings. The van der Waals surface area contributed by atoms with Crippen molar-refractivity contribution in [1.82, 2.24) is 10.2 Å². The van der Waals surface area contributed by atoms with Crippen LogP contribution in [0.15, 0.2) is 48.5 Å².